The zero-order chi connectivity index (χ0) is 18.5. The molecule has 0 fully saturated rings. The molecule has 1 aromatic carbocycles. The molecule has 3 aromatic rings. The fraction of sp³-hybridized carbons (Fsp3) is 0.158. The van der Waals surface area contributed by atoms with Gasteiger partial charge in [0.15, 0.2) is 11.5 Å². The molecule has 0 radical (unpaired) electrons. The number of aromatic nitrogens is 3. The summed E-state index contributed by atoms with van der Waals surface area (Å²) in [6.45, 7) is 1.56. The number of benzene rings is 1. The summed E-state index contributed by atoms with van der Waals surface area (Å²) < 4.78 is 11.0. The second kappa shape index (κ2) is 7.69. The van der Waals surface area contributed by atoms with Gasteiger partial charge in [-0.3, -0.25) is 9.78 Å². The predicted molar refractivity (Wildman–Crippen MR) is 99.0 cm³/mol. The van der Waals surface area contributed by atoms with E-state index in [4.69, 9.17) is 9.47 Å². The Morgan fingerprint density at radius 1 is 1.07 bits per heavy atom. The van der Waals surface area contributed by atoms with E-state index in [1.165, 1.54) is 6.33 Å². The molecule has 0 saturated heterocycles. The van der Waals surface area contributed by atoms with Gasteiger partial charge in [0.05, 0.1) is 0 Å². The van der Waals surface area contributed by atoms with E-state index in [1.54, 1.807) is 36.7 Å². The maximum Gasteiger partial charge on any atom is 0.274 e. The van der Waals surface area contributed by atoms with Gasteiger partial charge in [0, 0.05) is 36.8 Å². The zero-order valence-electron chi connectivity index (χ0n) is 14.4. The fourth-order valence-corrected chi connectivity index (χ4v) is 2.59. The van der Waals surface area contributed by atoms with Crippen molar-refractivity contribution in [3.05, 3.63) is 66.4 Å². The molecule has 4 rings (SSSR count). The monoisotopic (exact) mass is 363 g/mol. The number of hydrogen-bond acceptors (Lipinski definition) is 7. The van der Waals surface area contributed by atoms with E-state index in [0.29, 0.717) is 42.8 Å². The number of pyridine rings is 1. The van der Waals surface area contributed by atoms with Crippen molar-refractivity contribution in [3.63, 3.8) is 0 Å². The molecule has 1 aliphatic heterocycles. The summed E-state index contributed by atoms with van der Waals surface area (Å²) in [4.78, 5) is 24.8. The highest BCUT2D eigenvalue weighted by Gasteiger charge is 2.14. The van der Waals surface area contributed by atoms with Gasteiger partial charge in [0.1, 0.15) is 31.1 Å². The number of amides is 1. The van der Waals surface area contributed by atoms with Gasteiger partial charge in [0.2, 0.25) is 0 Å². The first-order chi connectivity index (χ1) is 13.3. The Labute approximate surface area is 155 Å². The average Bonchev–Trinajstić information content (AvgIpc) is 2.73. The normalized spacial score (nSPS) is 12.3. The van der Waals surface area contributed by atoms with E-state index in [9.17, 15) is 4.79 Å². The van der Waals surface area contributed by atoms with E-state index in [0.717, 1.165) is 5.56 Å². The topological polar surface area (TPSA) is 98.3 Å². The van der Waals surface area contributed by atoms with E-state index < -0.39 is 0 Å². The molecular formula is C19H17N5O3. The van der Waals surface area contributed by atoms with Gasteiger partial charge in [-0.05, 0) is 23.8 Å². The fourth-order valence-electron chi connectivity index (χ4n) is 2.59. The summed E-state index contributed by atoms with van der Waals surface area (Å²) in [5, 5.41) is 5.96. The van der Waals surface area contributed by atoms with Crippen molar-refractivity contribution in [3.8, 4) is 11.5 Å². The van der Waals surface area contributed by atoms with Crippen LogP contribution < -0.4 is 20.1 Å². The number of carbonyl (C=O) groups excluding carboxylic acids is 1. The lowest BCUT2D eigenvalue weighted by Crippen LogP contribution is -2.17. The molecule has 2 aromatic heterocycles. The molecule has 2 N–H and O–H groups in total. The standard InChI is InChI=1S/C19H17N5O3/c25-19(24-14-3-4-16-17(8-14)27-7-6-26-16)15-9-18(23-12-22-15)21-11-13-2-1-5-20-10-13/h1-5,8-10,12H,6-7,11H2,(H,24,25)(H,21,22,23). The van der Waals surface area contributed by atoms with Crippen molar-refractivity contribution >= 4 is 17.4 Å². The van der Waals surface area contributed by atoms with Crippen LogP contribution in [0.1, 0.15) is 16.1 Å². The first-order valence-electron chi connectivity index (χ1n) is 8.44. The van der Waals surface area contributed by atoms with E-state index in [2.05, 4.69) is 25.6 Å². The molecule has 1 aliphatic rings. The molecule has 136 valence electrons. The van der Waals surface area contributed by atoms with Crippen molar-refractivity contribution in [2.75, 3.05) is 23.8 Å². The van der Waals surface area contributed by atoms with E-state index >= 15 is 0 Å². The number of ether oxygens (including phenoxy) is 2. The Morgan fingerprint density at radius 3 is 2.81 bits per heavy atom. The molecule has 3 heterocycles. The van der Waals surface area contributed by atoms with Gasteiger partial charge in [-0.25, -0.2) is 9.97 Å². The molecule has 0 spiro atoms. The molecule has 8 nitrogen and oxygen atoms in total. The molecule has 0 unspecified atom stereocenters. The van der Waals surface area contributed by atoms with E-state index in [1.807, 2.05) is 12.1 Å². The van der Waals surface area contributed by atoms with Crippen LogP contribution in [0.5, 0.6) is 11.5 Å². The number of nitrogens with one attached hydrogen (secondary N) is 2. The smallest absolute Gasteiger partial charge is 0.274 e. The molecule has 27 heavy (non-hydrogen) atoms. The van der Waals surface area contributed by atoms with Gasteiger partial charge in [-0.2, -0.15) is 0 Å². The highest BCUT2D eigenvalue weighted by atomic mass is 16.6. The van der Waals surface area contributed by atoms with Crippen LogP contribution in [-0.2, 0) is 6.54 Å². The summed E-state index contributed by atoms with van der Waals surface area (Å²) in [7, 11) is 0. The van der Waals surface area contributed by atoms with Crippen LogP contribution >= 0.6 is 0 Å². The first kappa shape index (κ1) is 16.8. The molecule has 0 bridgehead atoms. The molecule has 0 aliphatic carbocycles. The number of anilines is 2. The summed E-state index contributed by atoms with van der Waals surface area (Å²) >= 11 is 0. The summed E-state index contributed by atoms with van der Waals surface area (Å²) in [5.41, 5.74) is 1.87. The first-order valence-corrected chi connectivity index (χ1v) is 8.44. The minimum Gasteiger partial charge on any atom is -0.486 e. The molecule has 0 saturated carbocycles. The van der Waals surface area contributed by atoms with Crippen molar-refractivity contribution in [1.82, 2.24) is 15.0 Å². The van der Waals surface area contributed by atoms with Crippen LogP contribution in [0.3, 0.4) is 0 Å². The SMILES string of the molecule is O=C(Nc1ccc2c(c1)OCCO2)c1cc(NCc2cccnc2)ncn1. The largest absolute Gasteiger partial charge is 0.486 e. The van der Waals surface area contributed by atoms with Crippen molar-refractivity contribution in [2.24, 2.45) is 0 Å². The minimum atomic E-state index is -0.335. The summed E-state index contributed by atoms with van der Waals surface area (Å²) in [6, 6.07) is 10.7. The third-order valence-corrected chi connectivity index (χ3v) is 3.90. The third kappa shape index (κ3) is 4.12. The van der Waals surface area contributed by atoms with Crippen LogP contribution in [-0.4, -0.2) is 34.1 Å². The van der Waals surface area contributed by atoms with E-state index in [-0.39, 0.29) is 11.6 Å². The highest BCUT2D eigenvalue weighted by molar-refractivity contribution is 6.03. The Kier molecular flexibility index (Phi) is 4.78. The second-order valence-corrected chi connectivity index (χ2v) is 5.82. The van der Waals surface area contributed by atoms with Gasteiger partial charge in [-0.1, -0.05) is 6.07 Å². The van der Waals surface area contributed by atoms with Gasteiger partial charge < -0.3 is 20.1 Å². The summed E-state index contributed by atoms with van der Waals surface area (Å²) in [6.07, 6.45) is 4.84. The Hall–Kier alpha value is -3.68. The highest BCUT2D eigenvalue weighted by Crippen LogP contribution is 2.32. The number of carbonyl (C=O) groups is 1. The van der Waals surface area contributed by atoms with Crippen LogP contribution in [0.25, 0.3) is 0 Å². The van der Waals surface area contributed by atoms with Gasteiger partial charge in [-0.15, -0.1) is 0 Å². The van der Waals surface area contributed by atoms with Crippen molar-refractivity contribution in [2.45, 2.75) is 6.54 Å². The molecule has 8 heteroatoms. The number of fused-ring (bicyclic) bond motifs is 1. The lowest BCUT2D eigenvalue weighted by Gasteiger charge is -2.19. The zero-order valence-corrected chi connectivity index (χ0v) is 14.4. The number of rotatable bonds is 5. The van der Waals surface area contributed by atoms with Crippen LogP contribution in [0.4, 0.5) is 11.5 Å². The van der Waals surface area contributed by atoms with Crippen LogP contribution in [0, 0.1) is 0 Å². The maximum atomic E-state index is 12.5. The lowest BCUT2D eigenvalue weighted by atomic mass is 10.2. The van der Waals surface area contributed by atoms with Crippen molar-refractivity contribution < 1.29 is 14.3 Å². The van der Waals surface area contributed by atoms with Crippen LogP contribution in [0.2, 0.25) is 0 Å². The molecule has 1 amide bonds. The quantitative estimate of drug-likeness (QED) is 0.719. The lowest BCUT2D eigenvalue weighted by molar-refractivity contribution is 0.102. The third-order valence-electron chi connectivity index (χ3n) is 3.90. The predicted octanol–water partition coefficient (Wildman–Crippen LogP) is 2.51. The number of nitrogens with zero attached hydrogens (tertiary/aromatic N) is 3. The number of hydrogen-bond donors (Lipinski definition) is 2. The van der Waals surface area contributed by atoms with Gasteiger partial charge >= 0.3 is 0 Å². The minimum absolute atomic E-state index is 0.258. The van der Waals surface area contributed by atoms with Gasteiger partial charge in [0.25, 0.3) is 5.91 Å². The Morgan fingerprint density at radius 2 is 1.96 bits per heavy atom. The molecule has 0 atom stereocenters. The molecular weight excluding hydrogens is 346 g/mol. The Balaban J connectivity index is 1.43. The Bertz CT molecular complexity index is 949. The average molecular weight is 363 g/mol. The maximum absolute atomic E-state index is 12.5. The van der Waals surface area contributed by atoms with Crippen LogP contribution in [0.15, 0.2) is 55.1 Å². The van der Waals surface area contributed by atoms with Crippen molar-refractivity contribution in [1.29, 1.82) is 0 Å². The summed E-state index contributed by atoms with van der Waals surface area (Å²) in [5.74, 6) is 1.50. The second-order valence-electron chi connectivity index (χ2n) is 5.82.